The normalized spacial score (nSPS) is 28.9. The van der Waals surface area contributed by atoms with E-state index in [9.17, 15) is 22.8 Å². The van der Waals surface area contributed by atoms with Gasteiger partial charge in [0.05, 0.1) is 17.2 Å². The van der Waals surface area contributed by atoms with E-state index in [-0.39, 0.29) is 46.2 Å². The maximum atomic E-state index is 14.2. The molecular formula is C30H34F3NO2. The Hall–Kier alpha value is -2.24. The van der Waals surface area contributed by atoms with E-state index in [2.05, 4.69) is 0 Å². The first-order valence-corrected chi connectivity index (χ1v) is 13.8. The summed E-state index contributed by atoms with van der Waals surface area (Å²) in [5.74, 6) is -0.0511. The van der Waals surface area contributed by atoms with Gasteiger partial charge in [0.2, 0.25) is 0 Å². The summed E-state index contributed by atoms with van der Waals surface area (Å²) in [6.07, 6.45) is 8.68. The first kappa shape index (κ1) is 24.1. The molecule has 2 atom stereocenters. The topological polar surface area (TPSA) is 46.5 Å². The van der Waals surface area contributed by atoms with Gasteiger partial charge in [0.1, 0.15) is 5.78 Å². The zero-order valence-corrected chi connectivity index (χ0v) is 20.7. The molecule has 192 valence electrons. The van der Waals surface area contributed by atoms with Crippen LogP contribution < -0.4 is 0 Å². The van der Waals surface area contributed by atoms with Crippen LogP contribution in [0.15, 0.2) is 40.5 Å². The van der Waals surface area contributed by atoms with Crippen LogP contribution in [0.1, 0.15) is 99.4 Å². The molecule has 0 amide bonds. The largest absolute Gasteiger partial charge is 0.416 e. The second-order valence-electron chi connectivity index (χ2n) is 12.0. The van der Waals surface area contributed by atoms with E-state index < -0.39 is 11.7 Å². The molecular weight excluding hydrogens is 463 g/mol. The molecule has 0 saturated heterocycles. The lowest BCUT2D eigenvalue weighted by Crippen LogP contribution is -2.50. The average Bonchev–Trinajstić information content (AvgIpc) is 3.55. The summed E-state index contributed by atoms with van der Waals surface area (Å²) in [5, 5.41) is 0. The number of hydrogen-bond acceptors (Lipinski definition) is 3. The number of hydrogen-bond donors (Lipinski definition) is 0. The minimum absolute atomic E-state index is 0.0718. The van der Waals surface area contributed by atoms with Crippen molar-refractivity contribution in [3.8, 4) is 0 Å². The molecule has 36 heavy (non-hydrogen) atoms. The summed E-state index contributed by atoms with van der Waals surface area (Å²) < 4.78 is 39.6. The number of rotatable bonds is 4. The van der Waals surface area contributed by atoms with Crippen molar-refractivity contribution in [2.45, 2.75) is 89.6 Å². The molecule has 0 bridgehead atoms. The van der Waals surface area contributed by atoms with Crippen molar-refractivity contribution in [3.05, 3.63) is 46.7 Å². The first-order chi connectivity index (χ1) is 17.3. The SMILES string of the molecule is O=C(C1=C(C2CCCC2)N=C2CC3(CCC3)CC(=O)C2C1C1CCCC1)c1ccc(C(F)(F)F)cc1. The van der Waals surface area contributed by atoms with Crippen molar-refractivity contribution >= 4 is 17.3 Å². The quantitative estimate of drug-likeness (QED) is 0.399. The Morgan fingerprint density at radius 1 is 0.889 bits per heavy atom. The fourth-order valence-corrected chi connectivity index (χ4v) is 7.89. The number of carbonyl (C=O) groups is 2. The molecule has 1 aliphatic heterocycles. The summed E-state index contributed by atoms with van der Waals surface area (Å²) in [6, 6.07) is 4.61. The van der Waals surface area contributed by atoms with Crippen molar-refractivity contribution in [1.29, 1.82) is 0 Å². The molecule has 3 nitrogen and oxygen atoms in total. The van der Waals surface area contributed by atoms with Crippen LogP contribution in [0.5, 0.6) is 0 Å². The van der Waals surface area contributed by atoms with Crippen molar-refractivity contribution in [2.75, 3.05) is 0 Å². The maximum Gasteiger partial charge on any atom is 0.416 e. The van der Waals surface area contributed by atoms with E-state index in [1.807, 2.05) is 0 Å². The lowest BCUT2D eigenvalue weighted by molar-refractivity contribution is -0.137. The van der Waals surface area contributed by atoms with Gasteiger partial charge in [-0.2, -0.15) is 13.2 Å². The predicted molar refractivity (Wildman–Crippen MR) is 132 cm³/mol. The number of halogens is 3. The number of nitrogens with zero attached hydrogens (tertiary/aromatic N) is 1. The number of aliphatic imine (C=N–C) groups is 1. The fourth-order valence-electron chi connectivity index (χ4n) is 7.89. The molecule has 0 aromatic heterocycles. The smallest absolute Gasteiger partial charge is 0.299 e. The maximum absolute atomic E-state index is 14.2. The van der Waals surface area contributed by atoms with Gasteiger partial charge in [0, 0.05) is 35.1 Å². The van der Waals surface area contributed by atoms with Crippen molar-refractivity contribution in [2.24, 2.45) is 34.1 Å². The Kier molecular flexibility index (Phi) is 6.00. The molecule has 6 rings (SSSR count). The molecule has 5 aliphatic rings. The monoisotopic (exact) mass is 497 g/mol. The minimum Gasteiger partial charge on any atom is -0.299 e. The summed E-state index contributed by atoms with van der Waals surface area (Å²) in [7, 11) is 0. The van der Waals surface area contributed by atoms with Gasteiger partial charge in [-0.3, -0.25) is 14.6 Å². The molecule has 1 aromatic carbocycles. The van der Waals surface area contributed by atoms with E-state index >= 15 is 0 Å². The molecule has 1 spiro atoms. The molecule has 6 heteroatoms. The van der Waals surface area contributed by atoms with Crippen LogP contribution in [0.2, 0.25) is 0 Å². The zero-order valence-electron chi connectivity index (χ0n) is 20.7. The molecule has 1 heterocycles. The Bertz CT molecular complexity index is 1110. The van der Waals surface area contributed by atoms with Crippen LogP contribution in [0.3, 0.4) is 0 Å². The highest BCUT2D eigenvalue weighted by Gasteiger charge is 2.54. The van der Waals surface area contributed by atoms with Gasteiger partial charge in [-0.25, -0.2) is 0 Å². The number of Topliss-reactive ketones (excluding diaryl/α,β-unsaturated/α-hetero) is 2. The first-order valence-electron chi connectivity index (χ1n) is 13.8. The third-order valence-corrected chi connectivity index (χ3v) is 9.83. The highest BCUT2D eigenvalue weighted by Crippen LogP contribution is 2.56. The van der Waals surface area contributed by atoms with Crippen LogP contribution in [0.25, 0.3) is 0 Å². The van der Waals surface area contributed by atoms with Crippen LogP contribution in [-0.4, -0.2) is 17.3 Å². The number of benzene rings is 1. The van der Waals surface area contributed by atoms with Gasteiger partial charge >= 0.3 is 6.18 Å². The van der Waals surface area contributed by atoms with Crippen LogP contribution in [0, 0.1) is 29.1 Å². The van der Waals surface area contributed by atoms with Crippen molar-refractivity contribution in [3.63, 3.8) is 0 Å². The van der Waals surface area contributed by atoms with Gasteiger partial charge < -0.3 is 0 Å². The highest BCUT2D eigenvalue weighted by atomic mass is 19.4. The average molecular weight is 498 g/mol. The lowest BCUT2D eigenvalue weighted by atomic mass is 9.54. The summed E-state index contributed by atoms with van der Waals surface area (Å²) in [4.78, 5) is 33.1. The minimum atomic E-state index is -4.45. The van der Waals surface area contributed by atoms with E-state index in [1.165, 1.54) is 18.6 Å². The third kappa shape index (κ3) is 4.09. The fraction of sp³-hybridized carbons (Fsp3) is 0.633. The Balaban J connectivity index is 1.47. The summed E-state index contributed by atoms with van der Waals surface area (Å²) in [6.45, 7) is 0. The second kappa shape index (κ2) is 8.95. The molecule has 4 saturated carbocycles. The van der Waals surface area contributed by atoms with E-state index in [4.69, 9.17) is 4.99 Å². The van der Waals surface area contributed by atoms with E-state index in [0.29, 0.717) is 12.0 Å². The van der Waals surface area contributed by atoms with Crippen molar-refractivity contribution in [1.82, 2.24) is 0 Å². The number of ketones is 2. The molecule has 4 aliphatic carbocycles. The number of alkyl halides is 3. The predicted octanol–water partition coefficient (Wildman–Crippen LogP) is 7.74. The molecule has 0 radical (unpaired) electrons. The molecule has 0 N–H and O–H groups in total. The summed E-state index contributed by atoms with van der Waals surface area (Å²) >= 11 is 0. The van der Waals surface area contributed by atoms with Gasteiger partial charge in [-0.1, -0.05) is 44.2 Å². The zero-order chi connectivity index (χ0) is 25.1. The number of fused-ring (bicyclic) bond motifs is 1. The summed E-state index contributed by atoms with van der Waals surface area (Å²) in [5.41, 5.74) is 2.11. The Morgan fingerprint density at radius 2 is 1.53 bits per heavy atom. The molecule has 1 aromatic rings. The second-order valence-corrected chi connectivity index (χ2v) is 12.0. The standard InChI is InChI=1S/C30H34F3NO2/c31-30(32,33)21-12-10-20(11-13-21)28(36)26-24(18-6-1-2-7-18)25-22(34-27(26)19-8-3-4-9-19)16-29(14-5-15-29)17-23(25)35/h10-13,18-19,24-25H,1-9,14-17H2. The van der Waals surface area contributed by atoms with Gasteiger partial charge in [0.25, 0.3) is 0 Å². The highest BCUT2D eigenvalue weighted by molar-refractivity contribution is 6.15. The van der Waals surface area contributed by atoms with E-state index in [1.54, 1.807) is 0 Å². The molecule has 2 unspecified atom stereocenters. The number of carbonyl (C=O) groups excluding carboxylic acids is 2. The third-order valence-electron chi connectivity index (χ3n) is 9.83. The van der Waals surface area contributed by atoms with Crippen LogP contribution in [0.4, 0.5) is 13.2 Å². The number of allylic oxidation sites excluding steroid dienone is 2. The van der Waals surface area contributed by atoms with Crippen molar-refractivity contribution < 1.29 is 22.8 Å². The molecule has 4 fully saturated rings. The van der Waals surface area contributed by atoms with Gasteiger partial charge in [0.15, 0.2) is 5.78 Å². The van der Waals surface area contributed by atoms with Crippen LogP contribution in [-0.2, 0) is 11.0 Å². The Morgan fingerprint density at radius 3 is 2.11 bits per heavy atom. The van der Waals surface area contributed by atoms with Crippen LogP contribution >= 0.6 is 0 Å². The van der Waals surface area contributed by atoms with Gasteiger partial charge in [-0.15, -0.1) is 0 Å². The lowest BCUT2D eigenvalue weighted by Gasteiger charge is -2.50. The Labute approximate surface area is 210 Å². The van der Waals surface area contributed by atoms with E-state index in [0.717, 1.165) is 94.2 Å². The van der Waals surface area contributed by atoms with Gasteiger partial charge in [-0.05, 0) is 68.4 Å².